The molecule has 0 aromatic carbocycles. The van der Waals surface area contributed by atoms with E-state index in [0.29, 0.717) is 0 Å². The zero-order valence-electron chi connectivity index (χ0n) is 11.4. The molecule has 0 aliphatic heterocycles. The van der Waals surface area contributed by atoms with Gasteiger partial charge in [-0.1, -0.05) is 25.3 Å². The van der Waals surface area contributed by atoms with Crippen molar-refractivity contribution in [2.75, 3.05) is 0 Å². The number of nitrogens with two attached hydrogens (primary N) is 1. The lowest BCUT2D eigenvalue weighted by Crippen LogP contribution is -2.19. The molecule has 0 spiro atoms. The first-order valence-electron chi connectivity index (χ1n) is 6.50. The molecule has 3 nitrogen and oxygen atoms in total. The van der Waals surface area contributed by atoms with Gasteiger partial charge in [-0.15, -0.1) is 0 Å². The number of allylic oxidation sites excluding steroid dienone is 8. The van der Waals surface area contributed by atoms with Crippen LogP contribution in [0.2, 0.25) is 0 Å². The highest BCUT2D eigenvalue weighted by atomic mass is 14.9. The predicted octanol–water partition coefficient (Wildman–Crippen LogP) is 2.95. The highest BCUT2D eigenvalue weighted by molar-refractivity contribution is 5.44. The first-order valence-corrected chi connectivity index (χ1v) is 6.50. The lowest BCUT2D eigenvalue weighted by molar-refractivity contribution is 0.858. The van der Waals surface area contributed by atoms with E-state index in [1.165, 1.54) is 5.57 Å². The van der Waals surface area contributed by atoms with E-state index in [0.717, 1.165) is 47.7 Å². The quantitative estimate of drug-likeness (QED) is 0.708. The maximum atomic E-state index is 5.99. The average molecular weight is 255 g/mol. The second-order valence-corrected chi connectivity index (χ2v) is 4.95. The van der Waals surface area contributed by atoms with Crippen LogP contribution >= 0.6 is 0 Å². The van der Waals surface area contributed by atoms with E-state index in [4.69, 9.17) is 5.73 Å². The molecule has 2 aliphatic rings. The van der Waals surface area contributed by atoms with Gasteiger partial charge in [-0.2, -0.15) is 0 Å². The van der Waals surface area contributed by atoms with Crippen LogP contribution < -0.4 is 16.4 Å². The van der Waals surface area contributed by atoms with Crippen molar-refractivity contribution in [3.05, 3.63) is 71.5 Å². The minimum atomic E-state index is 0.843. The molecular formula is C16H21N3. The Morgan fingerprint density at radius 1 is 1.26 bits per heavy atom. The van der Waals surface area contributed by atoms with Crippen molar-refractivity contribution in [3.8, 4) is 0 Å². The van der Waals surface area contributed by atoms with Crippen LogP contribution in [-0.4, -0.2) is 0 Å². The molecule has 0 heterocycles. The standard InChI is InChI=1S/C16H21N3/c1-11(2)18-14-9-8-13(10-14)12(3)19-16-7-5-4-6-15(16)17/h5,7-9,18-19H,1,3-4,6,10,17H2,2H3. The van der Waals surface area contributed by atoms with E-state index in [9.17, 15) is 0 Å². The Kier molecular flexibility index (Phi) is 3.95. The van der Waals surface area contributed by atoms with E-state index < -0.39 is 0 Å². The van der Waals surface area contributed by atoms with E-state index in [-0.39, 0.29) is 0 Å². The molecule has 4 N–H and O–H groups in total. The molecular weight excluding hydrogens is 234 g/mol. The molecule has 0 aromatic rings. The Hall–Kier alpha value is -2.16. The minimum Gasteiger partial charge on any atom is -0.400 e. The molecule has 0 saturated carbocycles. The molecule has 0 radical (unpaired) electrons. The summed E-state index contributed by atoms with van der Waals surface area (Å²) < 4.78 is 0. The first-order chi connectivity index (χ1) is 9.06. The molecule has 0 unspecified atom stereocenters. The van der Waals surface area contributed by atoms with Gasteiger partial charge in [0, 0.05) is 29.2 Å². The number of hydrogen-bond donors (Lipinski definition) is 3. The van der Waals surface area contributed by atoms with Gasteiger partial charge in [0.1, 0.15) is 0 Å². The monoisotopic (exact) mass is 255 g/mol. The smallest absolute Gasteiger partial charge is 0.0571 e. The van der Waals surface area contributed by atoms with Crippen LogP contribution in [0.15, 0.2) is 71.5 Å². The molecule has 2 rings (SSSR count). The molecule has 0 bridgehead atoms. The van der Waals surface area contributed by atoms with Gasteiger partial charge in [-0.25, -0.2) is 0 Å². The van der Waals surface area contributed by atoms with Gasteiger partial charge in [-0.3, -0.25) is 0 Å². The zero-order valence-corrected chi connectivity index (χ0v) is 11.4. The molecule has 0 fully saturated rings. The molecule has 2 aliphatic carbocycles. The largest absolute Gasteiger partial charge is 0.400 e. The Labute approximate surface area is 115 Å². The second-order valence-electron chi connectivity index (χ2n) is 4.95. The third-order valence-corrected chi connectivity index (χ3v) is 3.12. The maximum Gasteiger partial charge on any atom is 0.0571 e. The molecule has 0 amide bonds. The molecule has 3 heteroatoms. The summed E-state index contributed by atoms with van der Waals surface area (Å²) in [7, 11) is 0. The lowest BCUT2D eigenvalue weighted by atomic mass is 10.1. The molecule has 100 valence electrons. The van der Waals surface area contributed by atoms with Gasteiger partial charge in [0.25, 0.3) is 0 Å². The fraction of sp³-hybridized carbons (Fsp3) is 0.250. The van der Waals surface area contributed by atoms with Crippen LogP contribution in [0.1, 0.15) is 26.2 Å². The third kappa shape index (κ3) is 3.41. The van der Waals surface area contributed by atoms with E-state index in [1.807, 2.05) is 13.0 Å². The summed E-state index contributed by atoms with van der Waals surface area (Å²) in [6, 6.07) is 0. The number of hydrogen-bond acceptors (Lipinski definition) is 3. The van der Waals surface area contributed by atoms with Crippen LogP contribution in [0.4, 0.5) is 0 Å². The fourth-order valence-electron chi connectivity index (χ4n) is 2.14. The van der Waals surface area contributed by atoms with Crippen LogP contribution in [0.25, 0.3) is 0 Å². The van der Waals surface area contributed by atoms with Crippen LogP contribution in [0.5, 0.6) is 0 Å². The first kappa shape index (κ1) is 13.3. The van der Waals surface area contributed by atoms with E-state index in [1.54, 1.807) is 0 Å². The third-order valence-electron chi connectivity index (χ3n) is 3.12. The SMILES string of the molecule is C=C(C)NC1=CC=C(C(=C)NC2=C(N)CCC=C2)C1. The normalized spacial score (nSPS) is 17.9. The van der Waals surface area contributed by atoms with Gasteiger partial charge >= 0.3 is 0 Å². The highest BCUT2D eigenvalue weighted by Crippen LogP contribution is 2.24. The van der Waals surface area contributed by atoms with E-state index >= 15 is 0 Å². The number of nitrogens with one attached hydrogen (secondary N) is 2. The van der Waals surface area contributed by atoms with Crippen molar-refractivity contribution in [1.29, 1.82) is 0 Å². The molecule has 0 aromatic heterocycles. The van der Waals surface area contributed by atoms with Crippen molar-refractivity contribution in [3.63, 3.8) is 0 Å². The summed E-state index contributed by atoms with van der Waals surface area (Å²) in [6.07, 6.45) is 11.1. The van der Waals surface area contributed by atoms with Gasteiger partial charge < -0.3 is 16.4 Å². The Balaban J connectivity index is 1.93. The molecule has 19 heavy (non-hydrogen) atoms. The Bertz CT molecular complexity index is 530. The maximum absolute atomic E-state index is 5.99. The predicted molar refractivity (Wildman–Crippen MR) is 80.6 cm³/mol. The van der Waals surface area contributed by atoms with Gasteiger partial charge in [0.05, 0.1) is 5.70 Å². The van der Waals surface area contributed by atoms with Crippen molar-refractivity contribution in [2.24, 2.45) is 5.73 Å². The van der Waals surface area contributed by atoms with E-state index in [2.05, 4.69) is 42.0 Å². The Morgan fingerprint density at radius 2 is 2.05 bits per heavy atom. The highest BCUT2D eigenvalue weighted by Gasteiger charge is 2.13. The fourth-order valence-corrected chi connectivity index (χ4v) is 2.14. The van der Waals surface area contributed by atoms with Gasteiger partial charge in [0.15, 0.2) is 0 Å². The lowest BCUT2D eigenvalue weighted by Gasteiger charge is -2.17. The summed E-state index contributed by atoms with van der Waals surface area (Å²) in [5.41, 5.74) is 12.0. The van der Waals surface area contributed by atoms with Crippen molar-refractivity contribution < 1.29 is 0 Å². The van der Waals surface area contributed by atoms with Crippen LogP contribution in [-0.2, 0) is 0 Å². The second kappa shape index (κ2) is 5.65. The summed E-state index contributed by atoms with van der Waals surface area (Å²) in [5.74, 6) is 0. The number of rotatable bonds is 5. The Morgan fingerprint density at radius 3 is 2.74 bits per heavy atom. The summed E-state index contributed by atoms with van der Waals surface area (Å²) >= 11 is 0. The summed E-state index contributed by atoms with van der Waals surface area (Å²) in [5, 5.41) is 6.54. The van der Waals surface area contributed by atoms with Crippen LogP contribution in [0.3, 0.4) is 0 Å². The van der Waals surface area contributed by atoms with Crippen LogP contribution in [0, 0.1) is 0 Å². The van der Waals surface area contributed by atoms with Gasteiger partial charge in [-0.05, 0) is 37.5 Å². The van der Waals surface area contributed by atoms with Crippen molar-refractivity contribution >= 4 is 0 Å². The van der Waals surface area contributed by atoms with Crippen molar-refractivity contribution in [1.82, 2.24) is 10.6 Å². The zero-order chi connectivity index (χ0) is 13.8. The minimum absolute atomic E-state index is 0.843. The summed E-state index contributed by atoms with van der Waals surface area (Å²) in [4.78, 5) is 0. The van der Waals surface area contributed by atoms with Crippen molar-refractivity contribution in [2.45, 2.75) is 26.2 Å². The summed E-state index contributed by atoms with van der Waals surface area (Å²) in [6.45, 7) is 9.89. The topological polar surface area (TPSA) is 50.1 Å². The molecule has 0 atom stereocenters. The molecule has 0 saturated heterocycles. The average Bonchev–Trinajstić information content (AvgIpc) is 2.79. The van der Waals surface area contributed by atoms with Gasteiger partial charge in [0.2, 0.25) is 0 Å².